The molecular weight excluding hydrogens is 1440 g/mol. The first kappa shape index (κ1) is 95.5. The van der Waals surface area contributed by atoms with Crippen LogP contribution in [0.4, 0.5) is 0 Å². The normalized spacial score (nSPS) is 40.1. The summed E-state index contributed by atoms with van der Waals surface area (Å²) in [5.41, 5.74) is 8.00. The van der Waals surface area contributed by atoms with Crippen molar-refractivity contribution in [1.29, 1.82) is 0 Å². The Balaban J connectivity index is 0.000000150. The molecule has 1 aromatic carbocycles. The third-order valence-electron chi connectivity index (χ3n) is 39.5. The second kappa shape index (κ2) is 34.4. The molecule has 16 aliphatic carbocycles. The van der Waals surface area contributed by atoms with Crippen molar-refractivity contribution in [1.82, 2.24) is 0 Å². The number of aliphatic hydroxyl groups is 1. The van der Waals surface area contributed by atoms with Gasteiger partial charge in [-0.2, -0.15) is 0 Å². The Morgan fingerprint density at radius 1 is 0.362 bits per heavy atom. The van der Waals surface area contributed by atoms with E-state index in [4.69, 9.17) is 28.8 Å². The van der Waals surface area contributed by atoms with Gasteiger partial charge < -0.3 is 28.8 Å². The van der Waals surface area contributed by atoms with E-state index in [1.54, 1.807) is 6.92 Å². The minimum Gasteiger partial charge on any atom is -0.462 e. The van der Waals surface area contributed by atoms with Gasteiger partial charge in [0.15, 0.2) is 0 Å². The molecule has 0 radical (unpaired) electrons. The zero-order chi connectivity index (χ0) is 87.0. The monoisotopic (exact) mass is 1610 g/mol. The second-order valence-corrected chi connectivity index (χ2v) is 47.4. The summed E-state index contributed by atoms with van der Waals surface area (Å²) in [5, 5.41) is 9.02. The Kier molecular flexibility index (Phi) is 28.3. The van der Waals surface area contributed by atoms with E-state index in [-0.39, 0.29) is 104 Å². The highest BCUT2D eigenvalue weighted by molar-refractivity contribution is 5.89. The van der Waals surface area contributed by atoms with E-state index < -0.39 is 0 Å². The van der Waals surface area contributed by atoms with Crippen molar-refractivity contribution in [3.63, 3.8) is 0 Å². The van der Waals surface area contributed by atoms with Gasteiger partial charge in [0, 0.05) is 72.5 Å². The number of fused-ring (bicyclic) bond motifs is 16. The first-order chi connectivity index (χ1) is 53.2. The third-order valence-corrected chi connectivity index (χ3v) is 39.5. The van der Waals surface area contributed by atoms with Gasteiger partial charge in [-0.15, -0.1) is 0 Å². The number of aliphatic hydroxyl groups excluding tert-OH is 1. The van der Waals surface area contributed by atoms with Crippen LogP contribution < -0.4 is 0 Å². The summed E-state index contributed by atoms with van der Waals surface area (Å²) in [5.74, 6) is 9.01. The van der Waals surface area contributed by atoms with E-state index in [0.29, 0.717) is 74.3 Å². The number of ketones is 1. The fraction of sp³-hybridized carbons (Fsp3) is 0.846. The molecule has 14 unspecified atom stereocenters. The van der Waals surface area contributed by atoms with Crippen LogP contribution in [-0.2, 0) is 52.5 Å². The Morgan fingerprint density at radius 3 is 0.776 bits per heavy atom. The molecule has 22 atom stereocenters. The van der Waals surface area contributed by atoms with Crippen LogP contribution in [0.1, 0.15) is 386 Å². The summed E-state index contributed by atoms with van der Waals surface area (Å²) < 4.78 is 27.8. The van der Waals surface area contributed by atoms with Gasteiger partial charge in [-0.1, -0.05) is 235 Å². The summed E-state index contributed by atoms with van der Waals surface area (Å²) in [6, 6.07) is 9.59. The smallest absolute Gasteiger partial charge is 0.306 e. The van der Waals surface area contributed by atoms with Crippen LogP contribution in [0, 0.1) is 147 Å². The number of esters is 5. The SMILES string of the molecule is C=C1C2CCC(C2)C1(C)C.C=C1[C@H]2CC[C@H](C2)C1(C)C.CC(=O)OC1CC2CCC1(C)C2(C)C.CC(=O)OC1CC2CCC1(C)C2(C)C.CC(=O)O[C@H]1C[C@@H]2CC[C@@]1(C)C2(C)C.CC(C)CC(=O)OC1CC2CCC1(C)C2(C)C.CC(C)CC(=O)O[C@@H]1C[C@@H]2CC[C@@]1(C)C2(C)C.CC(O)c1ccccc1.CC12CCC(CC1=O)C2(C)C. The maximum atomic E-state index is 11.8. The minimum absolute atomic E-state index is 0.00502. The summed E-state index contributed by atoms with van der Waals surface area (Å²) in [6.45, 7) is 73.9. The van der Waals surface area contributed by atoms with Crippen LogP contribution >= 0.6 is 0 Å². The molecule has 16 bridgehead atoms. The Bertz CT molecular complexity index is 3430. The number of ether oxygens (including phenoxy) is 5. The van der Waals surface area contributed by atoms with E-state index in [1.807, 2.05) is 30.3 Å². The van der Waals surface area contributed by atoms with Gasteiger partial charge in [0.1, 0.15) is 36.3 Å². The number of carbonyl (C=O) groups is 6. The molecule has 16 aliphatic rings. The average Bonchev–Trinajstić information content (AvgIpc) is 1.54. The fourth-order valence-electron chi connectivity index (χ4n) is 27.3. The van der Waals surface area contributed by atoms with Crippen molar-refractivity contribution >= 4 is 35.6 Å². The molecule has 0 spiro atoms. The molecule has 116 heavy (non-hydrogen) atoms. The van der Waals surface area contributed by atoms with Crippen molar-refractivity contribution in [2.45, 2.75) is 411 Å². The fourth-order valence-corrected chi connectivity index (χ4v) is 27.3. The number of carbonyl (C=O) groups excluding carboxylic acids is 6. The molecule has 12 heteroatoms. The molecule has 16 fully saturated rings. The van der Waals surface area contributed by atoms with Crippen molar-refractivity contribution in [2.75, 3.05) is 0 Å². The zero-order valence-corrected chi connectivity index (χ0v) is 79.5. The molecule has 0 heterocycles. The predicted octanol–water partition coefficient (Wildman–Crippen LogP) is 26.0. The lowest BCUT2D eigenvalue weighted by molar-refractivity contribution is -0.158. The Labute approximate surface area is 707 Å². The highest BCUT2D eigenvalue weighted by Crippen LogP contribution is 2.72. The molecular formula is C104H170O12. The second-order valence-electron chi connectivity index (χ2n) is 47.4. The molecule has 658 valence electrons. The van der Waals surface area contributed by atoms with Gasteiger partial charge in [0.25, 0.3) is 0 Å². The summed E-state index contributed by atoms with van der Waals surface area (Å²) in [7, 11) is 0. The topological polar surface area (TPSA) is 169 Å². The first-order valence-electron chi connectivity index (χ1n) is 46.8. The third kappa shape index (κ3) is 17.6. The molecule has 0 aliphatic heterocycles. The number of benzene rings is 1. The van der Waals surface area contributed by atoms with Gasteiger partial charge in [-0.05, 0) is 275 Å². The maximum Gasteiger partial charge on any atom is 0.306 e. The lowest BCUT2D eigenvalue weighted by Crippen LogP contribution is -2.38. The van der Waals surface area contributed by atoms with Crippen molar-refractivity contribution in [3.05, 3.63) is 60.2 Å². The van der Waals surface area contributed by atoms with E-state index >= 15 is 0 Å². The molecule has 1 N–H and O–H groups in total. The highest BCUT2D eigenvalue weighted by Gasteiger charge is 2.68. The quantitative estimate of drug-likeness (QED) is 0.134. The Hall–Kier alpha value is -4.32. The summed E-state index contributed by atoms with van der Waals surface area (Å²) in [4.78, 5) is 68.2. The van der Waals surface area contributed by atoms with Crippen LogP contribution in [0.25, 0.3) is 0 Å². The summed E-state index contributed by atoms with van der Waals surface area (Å²) in [6.07, 6.45) is 31.4. The zero-order valence-electron chi connectivity index (χ0n) is 79.5. The van der Waals surface area contributed by atoms with Crippen LogP contribution in [-0.4, -0.2) is 71.3 Å². The number of rotatable bonds is 10. The first-order valence-corrected chi connectivity index (χ1v) is 46.8. The van der Waals surface area contributed by atoms with Crippen molar-refractivity contribution in [2.24, 2.45) is 147 Å². The standard InChI is InChI=1S/2C15H26O2.3C12H20O2.C10H16O.2C10H16.C8H10O/c2*1-10(2)8-13(16)17-12-9-11-6-7-15(12,5)14(11,3)4;3*1-8(13)14-10-7-9-5-6-12(10,4)11(9,2)3;1-9(2)7-4-5-10(9,3)8(11)6-7;2*1-7-8-4-5-9(6-8)10(7,2)3;1-7(9)8-5-3-2-4-6-8/h2*10-12H,6-9H2,1-5H3;3*9-10H,5-7H2,1-4H3;7H,4-6H2,1-3H3;2*8-9H,1,4-6H2,2-3H3;2-7,9H,1H3/t11-,12+,15+;;9-,10-,12+;;;;8-,9+;;/m0.0...0../s1. The van der Waals surface area contributed by atoms with Crippen LogP contribution in [0.3, 0.4) is 0 Å². The van der Waals surface area contributed by atoms with Gasteiger partial charge in [-0.3, -0.25) is 28.8 Å². The largest absolute Gasteiger partial charge is 0.462 e. The van der Waals surface area contributed by atoms with Crippen LogP contribution in [0.5, 0.6) is 0 Å². The van der Waals surface area contributed by atoms with Gasteiger partial charge in [0.05, 0.1) is 6.10 Å². The van der Waals surface area contributed by atoms with Gasteiger partial charge >= 0.3 is 29.8 Å². The van der Waals surface area contributed by atoms with Crippen molar-refractivity contribution in [3.8, 4) is 0 Å². The maximum absolute atomic E-state index is 11.8. The lowest BCUT2D eigenvalue weighted by atomic mass is 9.70. The number of allylic oxidation sites excluding steroid dienone is 2. The summed E-state index contributed by atoms with van der Waals surface area (Å²) >= 11 is 0. The predicted molar refractivity (Wildman–Crippen MR) is 470 cm³/mol. The molecule has 1 aromatic rings. The Morgan fingerprint density at radius 2 is 0.629 bits per heavy atom. The lowest BCUT2D eigenvalue weighted by Gasteiger charge is -2.38. The van der Waals surface area contributed by atoms with Gasteiger partial charge in [0.2, 0.25) is 0 Å². The molecule has 16 saturated carbocycles. The average molecular weight is 1610 g/mol. The van der Waals surface area contributed by atoms with E-state index in [1.165, 1.54) is 141 Å². The molecule has 17 rings (SSSR count). The number of Topliss-reactive ketones (excluding diaryl/α,β-unsaturated/α-hetero) is 1. The van der Waals surface area contributed by atoms with Crippen LogP contribution in [0.2, 0.25) is 0 Å². The molecule has 0 aromatic heterocycles. The molecule has 0 saturated heterocycles. The molecule has 0 amide bonds. The minimum atomic E-state index is -0.341. The highest BCUT2D eigenvalue weighted by atomic mass is 16.6. The number of hydrogen-bond donors (Lipinski definition) is 1. The van der Waals surface area contributed by atoms with E-state index in [9.17, 15) is 28.8 Å². The van der Waals surface area contributed by atoms with Gasteiger partial charge in [-0.25, -0.2) is 0 Å². The van der Waals surface area contributed by atoms with Crippen molar-refractivity contribution < 1.29 is 57.6 Å². The molecule has 12 nitrogen and oxygen atoms in total. The van der Waals surface area contributed by atoms with E-state index in [2.05, 4.69) is 193 Å². The number of hydrogen-bond acceptors (Lipinski definition) is 12. The van der Waals surface area contributed by atoms with E-state index in [0.717, 1.165) is 104 Å². The van der Waals surface area contributed by atoms with Crippen LogP contribution in [0.15, 0.2) is 54.6 Å².